The van der Waals surface area contributed by atoms with Crippen molar-refractivity contribution in [3.05, 3.63) is 0 Å². The minimum Gasteiger partial charge on any atom is -0.380 e. The van der Waals surface area contributed by atoms with Crippen LogP contribution in [0.3, 0.4) is 0 Å². The van der Waals surface area contributed by atoms with Crippen LogP contribution in [0.1, 0.15) is 66.2 Å². The van der Waals surface area contributed by atoms with Crippen molar-refractivity contribution in [1.82, 2.24) is 10.2 Å². The van der Waals surface area contributed by atoms with Crippen molar-refractivity contribution in [3.8, 4) is 0 Å². The van der Waals surface area contributed by atoms with Crippen molar-refractivity contribution in [3.63, 3.8) is 0 Å². The smallest absolute Gasteiger partial charge is 0.0593 e. The second-order valence-corrected chi connectivity index (χ2v) is 8.19. The first-order valence-corrected chi connectivity index (χ1v) is 9.04. The number of ether oxygens (including phenoxy) is 1. The van der Waals surface area contributed by atoms with Gasteiger partial charge in [-0.05, 0) is 24.7 Å². The van der Waals surface area contributed by atoms with Crippen LogP contribution in [0.25, 0.3) is 0 Å². The van der Waals surface area contributed by atoms with Crippen LogP contribution < -0.4 is 5.32 Å². The largest absolute Gasteiger partial charge is 0.380 e. The Balaban J connectivity index is 1.97. The Morgan fingerprint density at radius 1 is 1.14 bits per heavy atom. The van der Waals surface area contributed by atoms with Crippen molar-refractivity contribution in [2.24, 2.45) is 5.41 Å². The summed E-state index contributed by atoms with van der Waals surface area (Å²) in [7, 11) is 0. The third kappa shape index (κ3) is 4.67. The SMILES string of the molecule is CCCOCCN1CC2(CCCCC2)NCC1C(C)(C)C. The van der Waals surface area contributed by atoms with Gasteiger partial charge < -0.3 is 10.1 Å². The molecule has 124 valence electrons. The molecule has 1 saturated heterocycles. The Hall–Kier alpha value is -0.120. The van der Waals surface area contributed by atoms with Gasteiger partial charge in [0.1, 0.15) is 0 Å². The molecule has 1 spiro atoms. The monoisotopic (exact) mass is 296 g/mol. The van der Waals surface area contributed by atoms with E-state index in [1.54, 1.807) is 0 Å². The molecule has 1 N–H and O–H groups in total. The number of nitrogens with one attached hydrogen (secondary N) is 1. The summed E-state index contributed by atoms with van der Waals surface area (Å²) in [6.45, 7) is 14.5. The lowest BCUT2D eigenvalue weighted by Crippen LogP contribution is -2.67. The number of piperazine rings is 1. The Kier molecular flexibility index (Phi) is 6.10. The van der Waals surface area contributed by atoms with E-state index in [0.717, 1.165) is 32.7 Å². The predicted molar refractivity (Wildman–Crippen MR) is 89.7 cm³/mol. The molecule has 2 fully saturated rings. The molecule has 1 heterocycles. The number of nitrogens with zero attached hydrogens (tertiary/aromatic N) is 1. The molecule has 2 rings (SSSR count). The normalized spacial score (nSPS) is 27.1. The fraction of sp³-hybridized carbons (Fsp3) is 1.00. The second kappa shape index (κ2) is 7.43. The average Bonchev–Trinajstić information content (AvgIpc) is 2.43. The van der Waals surface area contributed by atoms with Gasteiger partial charge in [0.15, 0.2) is 0 Å². The van der Waals surface area contributed by atoms with E-state index in [1.165, 1.54) is 38.6 Å². The van der Waals surface area contributed by atoms with Crippen LogP contribution in [0.4, 0.5) is 0 Å². The van der Waals surface area contributed by atoms with Crippen molar-refractivity contribution in [2.75, 3.05) is 32.8 Å². The van der Waals surface area contributed by atoms with Gasteiger partial charge in [-0.3, -0.25) is 4.90 Å². The van der Waals surface area contributed by atoms with E-state index >= 15 is 0 Å². The molecular formula is C18H36N2O. The maximum Gasteiger partial charge on any atom is 0.0593 e. The standard InChI is InChI=1S/C18H36N2O/c1-5-12-21-13-11-20-15-18(9-7-6-8-10-18)19-14-16(20)17(2,3)4/h16,19H,5-15H2,1-4H3. The number of hydrogen-bond acceptors (Lipinski definition) is 3. The van der Waals surface area contributed by atoms with E-state index in [4.69, 9.17) is 4.74 Å². The van der Waals surface area contributed by atoms with Crippen molar-refractivity contribution >= 4 is 0 Å². The summed E-state index contributed by atoms with van der Waals surface area (Å²) >= 11 is 0. The van der Waals surface area contributed by atoms with Crippen LogP contribution in [-0.4, -0.2) is 49.3 Å². The summed E-state index contributed by atoms with van der Waals surface area (Å²) < 4.78 is 5.76. The van der Waals surface area contributed by atoms with Gasteiger partial charge in [0, 0.05) is 37.8 Å². The summed E-state index contributed by atoms with van der Waals surface area (Å²) in [6.07, 6.45) is 8.05. The lowest BCUT2D eigenvalue weighted by atomic mass is 9.76. The molecule has 1 saturated carbocycles. The fourth-order valence-corrected chi connectivity index (χ4v) is 4.08. The third-order valence-electron chi connectivity index (χ3n) is 5.30. The lowest BCUT2D eigenvalue weighted by Gasteiger charge is -2.53. The zero-order valence-electron chi connectivity index (χ0n) is 14.7. The van der Waals surface area contributed by atoms with E-state index in [9.17, 15) is 0 Å². The molecule has 1 atom stereocenters. The van der Waals surface area contributed by atoms with Gasteiger partial charge in [-0.25, -0.2) is 0 Å². The Morgan fingerprint density at radius 2 is 1.86 bits per heavy atom. The van der Waals surface area contributed by atoms with Crippen molar-refractivity contribution in [2.45, 2.75) is 77.8 Å². The van der Waals surface area contributed by atoms with Gasteiger partial charge in [-0.15, -0.1) is 0 Å². The summed E-state index contributed by atoms with van der Waals surface area (Å²) in [5.74, 6) is 0. The average molecular weight is 296 g/mol. The molecule has 2 aliphatic rings. The first kappa shape index (κ1) is 17.2. The van der Waals surface area contributed by atoms with Crippen LogP contribution in [0, 0.1) is 5.41 Å². The Labute approximate surface area is 131 Å². The summed E-state index contributed by atoms with van der Waals surface area (Å²) in [6, 6.07) is 0.621. The predicted octanol–water partition coefficient (Wildman–Crippen LogP) is 3.44. The number of hydrogen-bond donors (Lipinski definition) is 1. The maximum atomic E-state index is 5.76. The highest BCUT2D eigenvalue weighted by Gasteiger charge is 2.42. The third-order valence-corrected chi connectivity index (χ3v) is 5.30. The fourth-order valence-electron chi connectivity index (χ4n) is 4.08. The second-order valence-electron chi connectivity index (χ2n) is 8.19. The minimum atomic E-state index is 0.327. The maximum absolute atomic E-state index is 5.76. The van der Waals surface area contributed by atoms with Gasteiger partial charge in [0.05, 0.1) is 6.61 Å². The molecule has 3 nitrogen and oxygen atoms in total. The van der Waals surface area contributed by atoms with Crippen LogP contribution in [0.2, 0.25) is 0 Å². The molecule has 0 aromatic heterocycles. The van der Waals surface area contributed by atoms with Crippen LogP contribution in [-0.2, 0) is 4.74 Å². The topological polar surface area (TPSA) is 24.5 Å². The molecule has 0 amide bonds. The summed E-state index contributed by atoms with van der Waals surface area (Å²) in [5.41, 5.74) is 0.721. The molecule has 3 heteroatoms. The first-order chi connectivity index (χ1) is 9.97. The molecule has 0 aromatic rings. The van der Waals surface area contributed by atoms with Crippen molar-refractivity contribution < 1.29 is 4.74 Å². The minimum absolute atomic E-state index is 0.327. The van der Waals surface area contributed by atoms with Crippen molar-refractivity contribution in [1.29, 1.82) is 0 Å². The first-order valence-electron chi connectivity index (χ1n) is 9.04. The lowest BCUT2D eigenvalue weighted by molar-refractivity contribution is -0.00956. The van der Waals surface area contributed by atoms with Gasteiger partial charge in [-0.1, -0.05) is 47.0 Å². The van der Waals surface area contributed by atoms with E-state index in [0.29, 0.717) is 17.0 Å². The molecular weight excluding hydrogens is 260 g/mol. The zero-order chi connectivity index (χ0) is 15.3. The van der Waals surface area contributed by atoms with E-state index < -0.39 is 0 Å². The molecule has 0 aromatic carbocycles. The molecule has 1 aliphatic heterocycles. The quantitative estimate of drug-likeness (QED) is 0.787. The van der Waals surface area contributed by atoms with Gasteiger partial charge >= 0.3 is 0 Å². The summed E-state index contributed by atoms with van der Waals surface area (Å²) in [4.78, 5) is 2.72. The molecule has 0 radical (unpaired) electrons. The van der Waals surface area contributed by atoms with Crippen LogP contribution >= 0.6 is 0 Å². The Morgan fingerprint density at radius 3 is 2.48 bits per heavy atom. The van der Waals surface area contributed by atoms with Crippen LogP contribution in [0.15, 0.2) is 0 Å². The highest BCUT2D eigenvalue weighted by atomic mass is 16.5. The highest BCUT2D eigenvalue weighted by Crippen LogP contribution is 2.35. The molecule has 1 unspecified atom stereocenters. The molecule has 21 heavy (non-hydrogen) atoms. The van der Waals surface area contributed by atoms with Crippen LogP contribution in [0.5, 0.6) is 0 Å². The molecule has 1 aliphatic carbocycles. The van der Waals surface area contributed by atoms with E-state index in [1.807, 2.05) is 0 Å². The zero-order valence-corrected chi connectivity index (χ0v) is 14.7. The number of rotatable bonds is 5. The Bertz CT molecular complexity index is 305. The van der Waals surface area contributed by atoms with Gasteiger partial charge in [0.2, 0.25) is 0 Å². The highest BCUT2D eigenvalue weighted by molar-refractivity contribution is 5.02. The van der Waals surface area contributed by atoms with E-state index in [-0.39, 0.29) is 0 Å². The van der Waals surface area contributed by atoms with E-state index in [2.05, 4.69) is 37.9 Å². The summed E-state index contributed by atoms with van der Waals surface area (Å²) in [5, 5.41) is 3.94. The molecule has 0 bridgehead atoms. The van der Waals surface area contributed by atoms with Gasteiger partial charge in [0.25, 0.3) is 0 Å². The van der Waals surface area contributed by atoms with Gasteiger partial charge in [-0.2, -0.15) is 0 Å².